The highest BCUT2D eigenvalue weighted by atomic mass is 32.2. The number of rotatable bonds is 5. The fourth-order valence-electron chi connectivity index (χ4n) is 3.35. The summed E-state index contributed by atoms with van der Waals surface area (Å²) in [6.45, 7) is 0. The van der Waals surface area contributed by atoms with Crippen molar-refractivity contribution < 1.29 is 42.5 Å². The predicted molar refractivity (Wildman–Crippen MR) is 56.8 cm³/mol. The van der Waals surface area contributed by atoms with E-state index in [1.807, 2.05) is 0 Å². The van der Waals surface area contributed by atoms with Gasteiger partial charge in [-0.15, -0.1) is 4.33 Å². The van der Waals surface area contributed by atoms with Crippen LogP contribution in [0.3, 0.4) is 0 Å². The average Bonchev–Trinajstić information content (AvgIpc) is 3.00. The van der Waals surface area contributed by atoms with E-state index in [2.05, 4.69) is 9.37 Å². The minimum absolute atomic E-state index is 0.0522. The lowest BCUT2D eigenvalue weighted by Crippen LogP contribution is -2.40. The van der Waals surface area contributed by atoms with Crippen LogP contribution in [0.2, 0.25) is 0 Å². The summed E-state index contributed by atoms with van der Waals surface area (Å²) < 4.78 is 40.0. The molecule has 0 aromatic carbocycles. The second-order valence-electron chi connectivity index (χ2n) is 5.02. The molecule has 0 aromatic heterocycles. The zero-order valence-corrected chi connectivity index (χ0v) is 10.7. The van der Waals surface area contributed by atoms with Crippen LogP contribution >= 0.6 is 12.0 Å². The molecule has 1 N–H and O–H groups in total. The monoisotopic (exact) mass is 312 g/mol. The normalized spacial score (nSPS) is 38.1. The molecule has 2 bridgehead atoms. The van der Waals surface area contributed by atoms with E-state index < -0.39 is 35.5 Å². The molecule has 5 unspecified atom stereocenters. The van der Waals surface area contributed by atoms with Crippen LogP contribution in [0.4, 0.5) is 8.78 Å². The third kappa shape index (κ3) is 2.07. The van der Waals surface area contributed by atoms with E-state index in [0.717, 1.165) is 0 Å². The quantitative estimate of drug-likeness (QED) is 0.350. The highest BCUT2D eigenvalue weighted by Gasteiger charge is 2.64. The molecule has 0 aromatic rings. The maximum atomic E-state index is 13.3. The smallest absolute Gasteiger partial charge is 0.415 e. The molecule has 0 spiro atoms. The Hall–Kier alpha value is -0.970. The van der Waals surface area contributed by atoms with Gasteiger partial charge in [0.05, 0.1) is 5.92 Å². The molecule has 0 radical (unpaired) electrons. The Morgan fingerprint density at radius 2 is 2.20 bits per heavy atom. The molecule has 1 aliphatic heterocycles. The van der Waals surface area contributed by atoms with Gasteiger partial charge in [0.15, 0.2) is 0 Å². The summed E-state index contributed by atoms with van der Waals surface area (Å²) in [5, 5.41) is 6.79. The van der Waals surface area contributed by atoms with Gasteiger partial charge in [-0.25, -0.2) is 10.1 Å². The van der Waals surface area contributed by atoms with Gasteiger partial charge in [0.1, 0.15) is 24.3 Å². The van der Waals surface area contributed by atoms with Gasteiger partial charge in [-0.3, -0.25) is 4.79 Å². The van der Waals surface area contributed by atoms with Gasteiger partial charge in [-0.05, 0) is 12.8 Å². The first kappa shape index (κ1) is 14.0. The van der Waals surface area contributed by atoms with Crippen LogP contribution in [0.1, 0.15) is 12.8 Å². The lowest BCUT2D eigenvalue weighted by atomic mass is 9.88. The minimum atomic E-state index is -4.04. The molecule has 2 saturated carbocycles. The van der Waals surface area contributed by atoms with Crippen LogP contribution in [0.25, 0.3) is 0 Å². The van der Waals surface area contributed by atoms with Crippen LogP contribution < -0.4 is 0 Å². The Labute approximate surface area is 115 Å². The zero-order chi connectivity index (χ0) is 14.5. The molecule has 3 aliphatic rings. The largest absolute Gasteiger partial charge is 0.458 e. The number of hydrogen-bond donors (Lipinski definition) is 1. The number of hydrogen-bond acceptors (Lipinski definition) is 8. The predicted octanol–water partition coefficient (Wildman–Crippen LogP) is 1.14. The first-order valence-electron chi connectivity index (χ1n) is 5.89. The molecule has 2 aliphatic carbocycles. The second kappa shape index (κ2) is 4.79. The lowest BCUT2D eigenvalue weighted by molar-refractivity contribution is -0.433. The number of fused-ring (bicyclic) bond motifs is 1. The maximum absolute atomic E-state index is 13.3. The Morgan fingerprint density at radius 3 is 2.90 bits per heavy atom. The Bertz CT molecular complexity index is 445. The van der Waals surface area contributed by atoms with Gasteiger partial charge < -0.3 is 9.47 Å². The highest BCUT2D eigenvalue weighted by molar-refractivity contribution is 7.96. The number of ether oxygens (including phenoxy) is 2. The summed E-state index contributed by atoms with van der Waals surface area (Å²) in [6.07, 6.45) is -0.358. The Balaban J connectivity index is 1.64. The highest BCUT2D eigenvalue weighted by Crippen LogP contribution is 2.55. The third-order valence-electron chi connectivity index (χ3n) is 4.06. The van der Waals surface area contributed by atoms with Gasteiger partial charge >= 0.3 is 17.2 Å². The molecular formula is C10H10F2O7S. The molecule has 0 amide bonds. The maximum Gasteiger partial charge on any atom is 0.415 e. The van der Waals surface area contributed by atoms with Gasteiger partial charge in [0.25, 0.3) is 0 Å². The van der Waals surface area contributed by atoms with Gasteiger partial charge in [-0.1, -0.05) is 5.04 Å². The second-order valence-corrected chi connectivity index (χ2v) is 5.83. The minimum Gasteiger partial charge on any atom is -0.458 e. The first-order valence-corrected chi connectivity index (χ1v) is 6.63. The van der Waals surface area contributed by atoms with E-state index >= 15 is 0 Å². The molecule has 112 valence electrons. The van der Waals surface area contributed by atoms with Crippen LogP contribution in [-0.2, 0) is 28.4 Å². The summed E-state index contributed by atoms with van der Waals surface area (Å²) in [5.41, 5.74) is 0. The van der Waals surface area contributed by atoms with Crippen molar-refractivity contribution in [2.75, 3.05) is 0 Å². The standard InChI is InChI=1S/C10H10F2O7S/c11-10(12,20-19-18-15)9(14)17-6-3-1-4-5(2-3)8(13)16-7(4)6/h3-7,15H,1-2H2. The molecule has 3 fully saturated rings. The van der Waals surface area contributed by atoms with Crippen molar-refractivity contribution in [3.8, 4) is 0 Å². The van der Waals surface area contributed by atoms with Gasteiger partial charge in [0.2, 0.25) is 0 Å². The summed E-state index contributed by atoms with van der Waals surface area (Å²) >= 11 is -0.678. The van der Waals surface area contributed by atoms with Crippen LogP contribution in [0, 0.1) is 17.8 Å². The SMILES string of the molecule is O=C1OC2C3CC(CC13)C2OC(=O)C(F)(F)SOOO. The van der Waals surface area contributed by atoms with Crippen molar-refractivity contribution in [3.05, 3.63) is 0 Å². The van der Waals surface area contributed by atoms with Crippen LogP contribution in [0.5, 0.6) is 0 Å². The number of carbonyl (C=O) groups excluding carboxylic acids is 2. The summed E-state index contributed by atoms with van der Waals surface area (Å²) in [6, 6.07) is 0. The molecule has 20 heavy (non-hydrogen) atoms. The van der Waals surface area contributed by atoms with Crippen molar-refractivity contribution in [2.24, 2.45) is 17.8 Å². The molecule has 5 atom stereocenters. The molecule has 1 heterocycles. The summed E-state index contributed by atoms with van der Waals surface area (Å²) in [5.74, 6) is -2.55. The van der Waals surface area contributed by atoms with Crippen molar-refractivity contribution in [1.29, 1.82) is 0 Å². The molecule has 7 nitrogen and oxygen atoms in total. The lowest BCUT2D eigenvalue weighted by Gasteiger charge is -2.26. The van der Waals surface area contributed by atoms with Crippen molar-refractivity contribution in [2.45, 2.75) is 30.3 Å². The Kier molecular flexibility index (Phi) is 3.35. The fourth-order valence-corrected chi connectivity index (χ4v) is 3.58. The summed E-state index contributed by atoms with van der Waals surface area (Å²) in [7, 11) is 0. The zero-order valence-electron chi connectivity index (χ0n) is 9.86. The first-order chi connectivity index (χ1) is 9.44. The number of esters is 2. The number of halogens is 2. The fraction of sp³-hybridized carbons (Fsp3) is 0.800. The van der Waals surface area contributed by atoms with Crippen LogP contribution in [-0.4, -0.2) is 34.7 Å². The van der Waals surface area contributed by atoms with E-state index in [1.165, 1.54) is 0 Å². The van der Waals surface area contributed by atoms with E-state index in [1.54, 1.807) is 0 Å². The van der Waals surface area contributed by atoms with E-state index in [-0.39, 0.29) is 23.7 Å². The topological polar surface area (TPSA) is 91.3 Å². The third-order valence-corrected chi connectivity index (χ3v) is 4.57. The Morgan fingerprint density at radius 1 is 1.45 bits per heavy atom. The van der Waals surface area contributed by atoms with Crippen molar-refractivity contribution in [3.63, 3.8) is 0 Å². The van der Waals surface area contributed by atoms with Gasteiger partial charge in [0, 0.05) is 11.8 Å². The van der Waals surface area contributed by atoms with E-state index in [9.17, 15) is 18.4 Å². The van der Waals surface area contributed by atoms with Crippen molar-refractivity contribution >= 4 is 24.0 Å². The molecule has 10 heteroatoms. The summed E-state index contributed by atoms with van der Waals surface area (Å²) in [4.78, 5) is 22.9. The number of alkyl halides is 2. The van der Waals surface area contributed by atoms with E-state index in [0.29, 0.717) is 12.8 Å². The van der Waals surface area contributed by atoms with Crippen LogP contribution in [0.15, 0.2) is 0 Å². The number of carbonyl (C=O) groups is 2. The molecule has 1 saturated heterocycles. The molecule has 3 rings (SSSR count). The van der Waals surface area contributed by atoms with E-state index in [4.69, 9.17) is 14.7 Å². The van der Waals surface area contributed by atoms with Gasteiger partial charge in [-0.2, -0.15) is 8.78 Å². The average molecular weight is 312 g/mol. The molecular weight excluding hydrogens is 302 g/mol. The van der Waals surface area contributed by atoms with Crippen molar-refractivity contribution in [1.82, 2.24) is 0 Å².